The van der Waals surface area contributed by atoms with Crippen molar-refractivity contribution in [2.75, 3.05) is 11.9 Å². The van der Waals surface area contributed by atoms with Crippen LogP contribution in [0.2, 0.25) is 5.02 Å². The van der Waals surface area contributed by atoms with Gasteiger partial charge in [-0.2, -0.15) is 0 Å². The molecule has 1 atom stereocenters. The lowest BCUT2D eigenvalue weighted by atomic mass is 10.0. The van der Waals surface area contributed by atoms with E-state index < -0.39 is 0 Å². The van der Waals surface area contributed by atoms with Crippen molar-refractivity contribution in [2.45, 2.75) is 32.7 Å². The van der Waals surface area contributed by atoms with Crippen LogP contribution in [0.4, 0.5) is 5.82 Å². The van der Waals surface area contributed by atoms with Crippen LogP contribution < -0.4 is 15.6 Å². The molecular weight excluding hydrogens is 436 g/mol. The molecule has 4 aromatic rings. The number of pyridine rings is 3. The van der Waals surface area contributed by atoms with Crippen LogP contribution in [0.1, 0.15) is 36.9 Å². The molecule has 0 unspecified atom stereocenters. The molecule has 1 saturated carbocycles. The van der Waals surface area contributed by atoms with E-state index in [4.69, 9.17) is 16.3 Å². The summed E-state index contributed by atoms with van der Waals surface area (Å²) in [6.07, 6.45) is 7.79. The number of rotatable bonds is 7. The van der Waals surface area contributed by atoms with Crippen molar-refractivity contribution in [1.29, 1.82) is 0 Å². The van der Waals surface area contributed by atoms with Crippen molar-refractivity contribution in [3.63, 3.8) is 0 Å². The van der Waals surface area contributed by atoms with Crippen molar-refractivity contribution < 1.29 is 4.74 Å². The zero-order valence-corrected chi connectivity index (χ0v) is 19.3. The summed E-state index contributed by atoms with van der Waals surface area (Å²) in [4.78, 5) is 24.5. The number of H-pyrrole nitrogens is 1. The summed E-state index contributed by atoms with van der Waals surface area (Å²) in [6, 6.07) is 11.2. The summed E-state index contributed by atoms with van der Waals surface area (Å²) in [7, 11) is 0. The Kier molecular flexibility index (Phi) is 5.77. The third-order valence-corrected chi connectivity index (χ3v) is 6.31. The predicted octanol–water partition coefficient (Wildman–Crippen LogP) is 5.91. The average molecular weight is 461 g/mol. The average Bonchev–Trinajstić information content (AvgIpc) is 3.62. The Morgan fingerprint density at radius 2 is 2.06 bits per heavy atom. The van der Waals surface area contributed by atoms with Crippen LogP contribution in [0, 0.1) is 12.8 Å². The molecular formula is C26H25ClN4O2. The molecule has 0 spiro atoms. The second-order valence-electron chi connectivity index (χ2n) is 8.66. The van der Waals surface area contributed by atoms with Gasteiger partial charge in [0.2, 0.25) is 0 Å². The van der Waals surface area contributed by atoms with E-state index in [0.717, 1.165) is 22.1 Å². The second kappa shape index (κ2) is 8.87. The summed E-state index contributed by atoms with van der Waals surface area (Å²) in [6.45, 7) is 4.64. The van der Waals surface area contributed by atoms with E-state index in [0.29, 0.717) is 40.2 Å². The van der Waals surface area contributed by atoms with Crippen LogP contribution in [0.3, 0.4) is 0 Å². The highest BCUT2D eigenvalue weighted by Crippen LogP contribution is 2.34. The van der Waals surface area contributed by atoms with Crippen LogP contribution >= 0.6 is 11.6 Å². The number of nitrogens with one attached hydrogen (secondary N) is 2. The molecule has 2 N–H and O–H groups in total. The largest absolute Gasteiger partial charge is 0.492 e. The molecule has 0 saturated heterocycles. The van der Waals surface area contributed by atoms with Gasteiger partial charge in [-0.1, -0.05) is 11.6 Å². The first-order valence-corrected chi connectivity index (χ1v) is 11.5. The number of fused-ring (bicyclic) bond motifs is 1. The van der Waals surface area contributed by atoms with Gasteiger partial charge in [0, 0.05) is 35.6 Å². The minimum Gasteiger partial charge on any atom is -0.492 e. The van der Waals surface area contributed by atoms with Gasteiger partial charge in [-0.05, 0) is 79.6 Å². The van der Waals surface area contributed by atoms with E-state index in [1.807, 2.05) is 56.4 Å². The quantitative estimate of drug-likeness (QED) is 0.358. The van der Waals surface area contributed by atoms with Crippen LogP contribution in [0.15, 0.2) is 59.8 Å². The highest BCUT2D eigenvalue weighted by Gasteiger charge is 2.22. The first kappa shape index (κ1) is 21.5. The molecule has 0 bridgehead atoms. The smallest absolute Gasteiger partial charge is 0.253 e. The molecule has 168 valence electrons. The highest BCUT2D eigenvalue weighted by atomic mass is 35.5. The number of hydrogen-bond donors (Lipinski definition) is 2. The number of aromatic nitrogens is 3. The number of anilines is 1. The van der Waals surface area contributed by atoms with Gasteiger partial charge in [-0.25, -0.2) is 4.98 Å². The summed E-state index contributed by atoms with van der Waals surface area (Å²) >= 11 is 6.45. The summed E-state index contributed by atoms with van der Waals surface area (Å²) in [5.41, 5.74) is 4.39. The Labute approximate surface area is 197 Å². The topological polar surface area (TPSA) is 79.9 Å². The number of aryl methyl sites for hydroxylation is 1. The van der Waals surface area contributed by atoms with Crippen LogP contribution in [-0.4, -0.2) is 21.6 Å². The fraction of sp³-hybridized carbons (Fsp3) is 0.269. The minimum atomic E-state index is -0.260. The monoisotopic (exact) mass is 460 g/mol. The summed E-state index contributed by atoms with van der Waals surface area (Å²) in [5, 5.41) is 4.76. The summed E-state index contributed by atoms with van der Waals surface area (Å²) in [5.74, 6) is 1.93. The van der Waals surface area contributed by atoms with Crippen molar-refractivity contribution in [3.05, 3.63) is 81.5 Å². The lowest BCUT2D eigenvalue weighted by Crippen LogP contribution is -2.19. The minimum absolute atomic E-state index is 0.154. The molecule has 0 amide bonds. The Hall–Kier alpha value is -3.38. The third kappa shape index (κ3) is 4.71. The molecule has 0 radical (unpaired) electrons. The molecule has 6 nitrogen and oxygen atoms in total. The number of benzene rings is 1. The maximum Gasteiger partial charge on any atom is 0.253 e. The van der Waals surface area contributed by atoms with E-state index in [1.54, 1.807) is 12.4 Å². The molecule has 3 aromatic heterocycles. The van der Waals surface area contributed by atoms with Gasteiger partial charge in [0.25, 0.3) is 5.56 Å². The molecule has 1 aliphatic rings. The van der Waals surface area contributed by atoms with Crippen LogP contribution in [0.5, 0.6) is 5.75 Å². The molecule has 5 rings (SSSR count). The molecule has 0 aliphatic heterocycles. The molecule has 1 fully saturated rings. The van der Waals surface area contributed by atoms with Crippen molar-refractivity contribution in [3.8, 4) is 16.9 Å². The lowest BCUT2D eigenvalue weighted by Gasteiger charge is -2.16. The predicted molar refractivity (Wildman–Crippen MR) is 132 cm³/mol. The highest BCUT2D eigenvalue weighted by molar-refractivity contribution is 6.32. The van der Waals surface area contributed by atoms with E-state index in [-0.39, 0.29) is 11.6 Å². The van der Waals surface area contributed by atoms with Gasteiger partial charge in [0.05, 0.1) is 23.2 Å². The van der Waals surface area contributed by atoms with Crippen LogP contribution in [-0.2, 0) is 0 Å². The number of aromatic amines is 1. The van der Waals surface area contributed by atoms with Crippen molar-refractivity contribution in [1.82, 2.24) is 15.0 Å². The van der Waals surface area contributed by atoms with Gasteiger partial charge in [-0.15, -0.1) is 0 Å². The van der Waals surface area contributed by atoms with E-state index in [2.05, 4.69) is 20.3 Å². The van der Waals surface area contributed by atoms with Crippen molar-refractivity contribution in [2.24, 2.45) is 5.92 Å². The Balaban J connectivity index is 1.40. The first-order chi connectivity index (χ1) is 16.0. The standard InChI is InChI=1S/C26H25ClN4O2/c1-15-13-28-7-6-20(15)18-5-8-29-25(11-18)30-16(2)21-9-19-10-22(27)24(33-14-17-3-4-17)12-23(19)31-26(21)32/h5-13,16-17H,3-4,14H2,1-2H3,(H,29,30)(H,31,32)/t16-/m0/s1. The fourth-order valence-corrected chi connectivity index (χ4v) is 4.15. The van der Waals surface area contributed by atoms with Gasteiger partial charge >= 0.3 is 0 Å². The maximum atomic E-state index is 12.9. The van der Waals surface area contributed by atoms with Crippen molar-refractivity contribution >= 4 is 28.3 Å². The maximum absolute atomic E-state index is 12.9. The fourth-order valence-electron chi connectivity index (χ4n) is 3.92. The van der Waals surface area contributed by atoms with Crippen LogP contribution in [0.25, 0.3) is 22.0 Å². The normalized spacial score (nSPS) is 14.3. The Morgan fingerprint density at radius 3 is 2.85 bits per heavy atom. The number of halogens is 1. The Morgan fingerprint density at radius 1 is 1.21 bits per heavy atom. The SMILES string of the molecule is Cc1cnccc1-c1ccnc(N[C@@H](C)c2cc3cc(Cl)c(OCC4CC4)cc3[nH]c2=O)c1. The second-order valence-corrected chi connectivity index (χ2v) is 9.07. The first-order valence-electron chi connectivity index (χ1n) is 11.1. The third-order valence-electron chi connectivity index (χ3n) is 6.02. The van der Waals surface area contributed by atoms with Gasteiger partial charge in [0.15, 0.2) is 0 Å². The molecule has 3 heterocycles. The number of ether oxygens (including phenoxy) is 1. The van der Waals surface area contributed by atoms with E-state index in [9.17, 15) is 4.79 Å². The molecule has 7 heteroatoms. The zero-order chi connectivity index (χ0) is 22.9. The number of nitrogens with zero attached hydrogens (tertiary/aromatic N) is 2. The van der Waals surface area contributed by atoms with Gasteiger partial charge in [-0.3, -0.25) is 9.78 Å². The molecule has 33 heavy (non-hydrogen) atoms. The zero-order valence-electron chi connectivity index (χ0n) is 18.6. The molecule has 1 aliphatic carbocycles. The lowest BCUT2D eigenvalue weighted by molar-refractivity contribution is 0.300. The molecule has 1 aromatic carbocycles. The van der Waals surface area contributed by atoms with E-state index >= 15 is 0 Å². The van der Waals surface area contributed by atoms with E-state index in [1.165, 1.54) is 12.8 Å². The van der Waals surface area contributed by atoms with Gasteiger partial charge in [0.1, 0.15) is 11.6 Å². The summed E-state index contributed by atoms with van der Waals surface area (Å²) < 4.78 is 5.84. The number of hydrogen-bond acceptors (Lipinski definition) is 5. The van der Waals surface area contributed by atoms with Gasteiger partial charge < -0.3 is 15.0 Å². The Bertz CT molecular complexity index is 1380.